The third-order valence-electron chi connectivity index (χ3n) is 16.9. The minimum absolute atomic E-state index is 0.0838. The van der Waals surface area contributed by atoms with Gasteiger partial charge in [0.05, 0.1) is 28.1 Å². The summed E-state index contributed by atoms with van der Waals surface area (Å²) in [6, 6.07) is 59.5. The lowest BCUT2D eigenvalue weighted by Gasteiger charge is -2.42. The molecule has 4 nitrogen and oxygen atoms in total. The van der Waals surface area contributed by atoms with Crippen LogP contribution in [0.3, 0.4) is 0 Å². The second-order valence-electron chi connectivity index (χ2n) is 22.6. The molecule has 2 aliphatic heterocycles. The highest BCUT2D eigenvalue weighted by Gasteiger charge is 2.43. The lowest BCUT2D eigenvalue weighted by molar-refractivity contribution is 0.331. The molecule has 1 aromatic heterocycles. The minimum atomic E-state index is -0.214. The molecule has 4 aliphatic rings. The normalized spacial score (nSPS) is 16.1. The van der Waals surface area contributed by atoms with E-state index in [1.165, 1.54) is 118 Å². The fourth-order valence-corrected chi connectivity index (χ4v) is 13.1. The predicted molar refractivity (Wildman–Crippen MR) is 297 cm³/mol. The Morgan fingerprint density at radius 2 is 1.16 bits per heavy atom. The van der Waals surface area contributed by atoms with Crippen LogP contribution in [0.25, 0.3) is 60.5 Å². The van der Waals surface area contributed by atoms with Crippen LogP contribution in [-0.2, 0) is 16.2 Å². The Balaban J connectivity index is 1.15. The molecule has 0 saturated heterocycles. The first-order valence-corrected chi connectivity index (χ1v) is 25.3. The van der Waals surface area contributed by atoms with Gasteiger partial charge in [-0.15, -0.1) is 0 Å². The monoisotopic (exact) mass is 905 g/mol. The van der Waals surface area contributed by atoms with Crippen LogP contribution in [0.1, 0.15) is 87.8 Å². The fraction of sp³-hybridized carbons (Fsp3) is 0.200. The zero-order valence-corrected chi connectivity index (χ0v) is 41.4. The fourth-order valence-electron chi connectivity index (χ4n) is 13.1. The largest absolute Gasteiger partial charge is 0.453 e. The number of para-hydroxylation sites is 4. The summed E-state index contributed by atoms with van der Waals surface area (Å²) < 4.78 is 9.34. The Labute approximate surface area is 411 Å². The molecule has 0 unspecified atom stereocenters. The first-order chi connectivity index (χ1) is 33.7. The maximum atomic E-state index is 6.74. The lowest BCUT2D eigenvalue weighted by Crippen LogP contribution is -2.37. The van der Waals surface area contributed by atoms with E-state index < -0.39 is 0 Å². The molecule has 70 heavy (non-hydrogen) atoms. The van der Waals surface area contributed by atoms with Crippen LogP contribution in [0.4, 0.5) is 28.4 Å². The molecule has 0 bridgehead atoms. The van der Waals surface area contributed by atoms with Gasteiger partial charge in [0.2, 0.25) is 0 Å². The minimum Gasteiger partial charge on any atom is -0.453 e. The van der Waals surface area contributed by atoms with Gasteiger partial charge in [-0.2, -0.15) is 0 Å². The number of aryl methyl sites for hydroxylation is 2. The van der Waals surface area contributed by atoms with Crippen molar-refractivity contribution in [2.75, 3.05) is 10.2 Å². The van der Waals surface area contributed by atoms with Crippen LogP contribution in [-0.4, -0.2) is 11.8 Å². The molecule has 0 radical (unpaired) electrons. The van der Waals surface area contributed by atoms with Crippen LogP contribution in [0.5, 0.6) is 11.5 Å². The second-order valence-corrected chi connectivity index (χ2v) is 22.6. The molecule has 0 amide bonds. The van der Waals surface area contributed by atoms with Crippen LogP contribution >= 0.6 is 0 Å². The summed E-state index contributed by atoms with van der Waals surface area (Å²) in [5.74, 6) is 1.68. The SMILES string of the molecule is Cc1ccc(Nc2cc3c(cc2-c2cc(N4c5ccccc5Oc5ccccc54)c4c5c6ccccc6ccc5n5c4c2Bc2cc(C)ccc2-5)-c2cc4c(cc2C3(C)C)C(C)(C)CCC4(C)C)cc1. The number of aromatic nitrogens is 1. The summed E-state index contributed by atoms with van der Waals surface area (Å²) in [6.07, 6.45) is 2.37. The molecule has 0 spiro atoms. The second kappa shape index (κ2) is 14.3. The Bertz CT molecular complexity index is 3880. The van der Waals surface area contributed by atoms with E-state index in [9.17, 15) is 0 Å². The first-order valence-electron chi connectivity index (χ1n) is 25.3. The van der Waals surface area contributed by atoms with Crippen molar-refractivity contribution in [2.24, 2.45) is 0 Å². The molecular formula is C65H56BN3O. The molecule has 3 heterocycles. The van der Waals surface area contributed by atoms with E-state index in [0.717, 1.165) is 47.2 Å². The summed E-state index contributed by atoms with van der Waals surface area (Å²) in [4.78, 5) is 2.49. The lowest BCUT2D eigenvalue weighted by atomic mass is 9.58. The molecule has 5 heteroatoms. The van der Waals surface area contributed by atoms with Crippen molar-refractivity contribution in [1.82, 2.24) is 4.57 Å². The molecule has 1 N–H and O–H groups in total. The number of ether oxygens (including phenoxy) is 1. The highest BCUT2D eigenvalue weighted by Crippen LogP contribution is 2.58. The van der Waals surface area contributed by atoms with Crippen molar-refractivity contribution in [2.45, 2.75) is 84.5 Å². The zero-order valence-electron chi connectivity index (χ0n) is 41.4. The Morgan fingerprint density at radius 3 is 1.90 bits per heavy atom. The average Bonchev–Trinajstić information content (AvgIpc) is 3.82. The summed E-state index contributed by atoms with van der Waals surface area (Å²) >= 11 is 0. The molecule has 0 saturated carbocycles. The van der Waals surface area contributed by atoms with Crippen molar-refractivity contribution < 1.29 is 4.74 Å². The van der Waals surface area contributed by atoms with E-state index in [1.807, 2.05) is 0 Å². The summed E-state index contributed by atoms with van der Waals surface area (Å²) in [5, 5.41) is 9.08. The van der Waals surface area contributed by atoms with Gasteiger partial charge in [-0.05, 0) is 165 Å². The van der Waals surface area contributed by atoms with Crippen LogP contribution in [0.15, 0.2) is 158 Å². The Hall–Kier alpha value is -7.50. The van der Waals surface area contributed by atoms with Crippen molar-refractivity contribution >= 4 is 79.2 Å². The number of anilines is 5. The van der Waals surface area contributed by atoms with E-state index in [0.29, 0.717) is 0 Å². The van der Waals surface area contributed by atoms with Gasteiger partial charge in [-0.3, -0.25) is 0 Å². The van der Waals surface area contributed by atoms with E-state index in [-0.39, 0.29) is 16.2 Å². The first kappa shape index (κ1) is 41.5. The number of hydrogen-bond donors (Lipinski definition) is 1. The quantitative estimate of drug-likeness (QED) is 0.178. The number of benzene rings is 9. The summed E-state index contributed by atoms with van der Waals surface area (Å²) in [6.45, 7) is 19.1. The molecule has 9 aromatic carbocycles. The highest BCUT2D eigenvalue weighted by atomic mass is 16.5. The van der Waals surface area contributed by atoms with Gasteiger partial charge in [0.15, 0.2) is 18.8 Å². The zero-order chi connectivity index (χ0) is 47.6. The topological polar surface area (TPSA) is 29.4 Å². The van der Waals surface area contributed by atoms with Crippen LogP contribution in [0, 0.1) is 13.8 Å². The van der Waals surface area contributed by atoms with E-state index in [1.54, 1.807) is 0 Å². The van der Waals surface area contributed by atoms with Gasteiger partial charge in [0.25, 0.3) is 0 Å². The third-order valence-corrected chi connectivity index (χ3v) is 16.9. The molecule has 10 aromatic rings. The highest BCUT2D eigenvalue weighted by molar-refractivity contribution is 6.74. The van der Waals surface area contributed by atoms with Gasteiger partial charge in [-0.25, -0.2) is 0 Å². The molecule has 0 atom stereocenters. The van der Waals surface area contributed by atoms with Gasteiger partial charge < -0.3 is 19.5 Å². The average molecular weight is 906 g/mol. The van der Waals surface area contributed by atoms with E-state index in [4.69, 9.17) is 4.74 Å². The molecule has 14 rings (SSSR count). The number of rotatable bonds is 4. The summed E-state index contributed by atoms with van der Waals surface area (Å²) in [7, 11) is 0.799. The van der Waals surface area contributed by atoms with Gasteiger partial charge in [0, 0.05) is 38.8 Å². The third kappa shape index (κ3) is 5.78. The summed E-state index contributed by atoms with van der Waals surface area (Å²) in [5.41, 5.74) is 25.2. The van der Waals surface area contributed by atoms with Crippen LogP contribution in [0.2, 0.25) is 0 Å². The number of hydrogen-bond acceptors (Lipinski definition) is 3. The van der Waals surface area contributed by atoms with Crippen molar-refractivity contribution in [3.8, 4) is 39.4 Å². The van der Waals surface area contributed by atoms with Crippen molar-refractivity contribution in [3.63, 3.8) is 0 Å². The number of nitrogens with zero attached hydrogens (tertiary/aromatic N) is 2. The van der Waals surface area contributed by atoms with Gasteiger partial charge >= 0.3 is 0 Å². The Morgan fingerprint density at radius 1 is 0.514 bits per heavy atom. The van der Waals surface area contributed by atoms with E-state index in [2.05, 4.69) is 228 Å². The molecule has 2 aliphatic carbocycles. The van der Waals surface area contributed by atoms with E-state index >= 15 is 0 Å². The number of nitrogens with one attached hydrogen (secondary N) is 1. The predicted octanol–water partition coefficient (Wildman–Crippen LogP) is 15.9. The van der Waals surface area contributed by atoms with Gasteiger partial charge in [0.1, 0.15) is 0 Å². The van der Waals surface area contributed by atoms with Gasteiger partial charge in [-0.1, -0.05) is 143 Å². The van der Waals surface area contributed by atoms with Crippen LogP contribution < -0.4 is 25.9 Å². The molecule has 340 valence electrons. The van der Waals surface area contributed by atoms with Crippen molar-refractivity contribution in [1.29, 1.82) is 0 Å². The molecule has 0 fully saturated rings. The Kier molecular flexibility index (Phi) is 8.47. The van der Waals surface area contributed by atoms with Crippen molar-refractivity contribution in [3.05, 3.63) is 191 Å². The number of fused-ring (bicyclic) bond motifs is 13. The smallest absolute Gasteiger partial charge is 0.198 e. The standard InChI is InChI=1S/C65H56BN3O/c1-37-21-25-40(26-22-37)67-51-36-47-42(43-33-48-49(35-46(43)65(47,7)8)64(5,6)30-29-63(48,3)4)32-44(51)45-34-56(68-53-17-11-13-19-57(53)70-58-20-14-12-18-54(58)68)60-59-41-16-10-9-15-39(41)24-28-55(59)69-52-27-23-38(2)31-50(52)66-61(45)62(60)69/h9-28,31-36,66-67H,29-30H2,1-8H3. The maximum Gasteiger partial charge on any atom is 0.198 e. The molecular weight excluding hydrogens is 850 g/mol. The maximum absolute atomic E-state index is 6.74.